The lowest BCUT2D eigenvalue weighted by Gasteiger charge is -2.41. The van der Waals surface area contributed by atoms with Gasteiger partial charge in [-0.25, -0.2) is 4.79 Å². The lowest BCUT2D eigenvalue weighted by atomic mass is 9.99. The number of aliphatic hydroxyl groups is 2. The third kappa shape index (κ3) is 4.88. The zero-order valence-corrected chi connectivity index (χ0v) is 15.6. The highest BCUT2D eigenvalue weighted by Gasteiger charge is 2.49. The number of carbonyl (C=O) groups is 1. The molecule has 2 aromatic carbocycles. The van der Waals surface area contributed by atoms with Crippen LogP contribution in [0.3, 0.4) is 0 Å². The topological polar surface area (TPSA) is 85.2 Å². The number of rotatable bonds is 6. The summed E-state index contributed by atoms with van der Waals surface area (Å²) in [5, 5.41) is 21.3. The van der Waals surface area contributed by atoms with E-state index in [-0.39, 0.29) is 6.61 Å². The van der Waals surface area contributed by atoms with Crippen LogP contribution in [0.2, 0.25) is 0 Å². The maximum absolute atomic E-state index is 12.0. The molecule has 0 bridgehead atoms. The lowest BCUT2D eigenvalue weighted by Crippen LogP contribution is -2.59. The molecule has 2 N–H and O–H groups in total. The summed E-state index contributed by atoms with van der Waals surface area (Å²) in [6.45, 7) is 0.191. The Balaban J connectivity index is 1.77. The van der Waals surface area contributed by atoms with Gasteiger partial charge in [0.2, 0.25) is 0 Å². The molecule has 1 heterocycles. The second-order valence-corrected chi connectivity index (χ2v) is 7.29. The average molecular weight is 390 g/mol. The van der Waals surface area contributed by atoms with Crippen molar-refractivity contribution in [3.8, 4) is 0 Å². The standard InChI is InChI=1S/C20H22O6S/c1-24-19(23)18-15(21)17(25-12-13-8-4-2-5-9-13)16(22)20(26-18)27-14-10-6-3-7-11-14/h2-11,15-18,20-22H,12H2,1H3/t15-,16?,17-,18?,20?/m0/s1. The predicted molar refractivity (Wildman–Crippen MR) is 100 cm³/mol. The molecular formula is C20H22O6S. The Labute approximate surface area is 162 Å². The van der Waals surface area contributed by atoms with Gasteiger partial charge in [0, 0.05) is 4.90 Å². The van der Waals surface area contributed by atoms with E-state index in [9.17, 15) is 15.0 Å². The van der Waals surface area contributed by atoms with Gasteiger partial charge in [0.25, 0.3) is 0 Å². The molecule has 0 radical (unpaired) electrons. The number of methoxy groups -OCH3 is 1. The fourth-order valence-electron chi connectivity index (χ4n) is 2.84. The van der Waals surface area contributed by atoms with Crippen molar-refractivity contribution in [1.82, 2.24) is 0 Å². The van der Waals surface area contributed by atoms with Crippen LogP contribution in [0.5, 0.6) is 0 Å². The first kappa shape index (κ1) is 19.9. The molecule has 0 aromatic heterocycles. The van der Waals surface area contributed by atoms with E-state index in [0.717, 1.165) is 10.5 Å². The van der Waals surface area contributed by atoms with Gasteiger partial charge in [-0.15, -0.1) is 0 Å². The second-order valence-electron chi connectivity index (χ2n) is 6.12. The van der Waals surface area contributed by atoms with Crippen molar-refractivity contribution in [1.29, 1.82) is 0 Å². The third-order valence-electron chi connectivity index (χ3n) is 4.26. The minimum atomic E-state index is -1.34. The summed E-state index contributed by atoms with van der Waals surface area (Å²) in [5.74, 6) is -0.707. The summed E-state index contributed by atoms with van der Waals surface area (Å²) >= 11 is 1.26. The van der Waals surface area contributed by atoms with Crippen molar-refractivity contribution in [3.05, 3.63) is 66.2 Å². The molecule has 144 valence electrons. The first-order chi connectivity index (χ1) is 13.1. The molecule has 1 aliphatic rings. The van der Waals surface area contributed by atoms with Gasteiger partial charge >= 0.3 is 5.97 Å². The van der Waals surface area contributed by atoms with Crippen LogP contribution < -0.4 is 0 Å². The van der Waals surface area contributed by atoms with Crippen LogP contribution in [0, 0.1) is 0 Å². The molecule has 7 heteroatoms. The molecule has 5 atom stereocenters. The number of carbonyl (C=O) groups excluding carboxylic acids is 1. The van der Waals surface area contributed by atoms with Gasteiger partial charge in [-0.1, -0.05) is 60.3 Å². The summed E-state index contributed by atoms with van der Waals surface area (Å²) in [6, 6.07) is 18.8. The molecule has 0 aliphatic carbocycles. The monoisotopic (exact) mass is 390 g/mol. The van der Waals surface area contributed by atoms with E-state index in [1.165, 1.54) is 18.9 Å². The Hall–Kier alpha value is -1.90. The van der Waals surface area contributed by atoms with Crippen molar-refractivity contribution in [3.63, 3.8) is 0 Å². The Morgan fingerprint density at radius 2 is 1.67 bits per heavy atom. The van der Waals surface area contributed by atoms with Crippen LogP contribution in [0.15, 0.2) is 65.6 Å². The lowest BCUT2D eigenvalue weighted by molar-refractivity contribution is -0.224. The quantitative estimate of drug-likeness (QED) is 0.730. The van der Waals surface area contributed by atoms with Gasteiger partial charge in [-0.2, -0.15) is 0 Å². The molecule has 2 aromatic rings. The zero-order valence-electron chi connectivity index (χ0n) is 14.8. The van der Waals surface area contributed by atoms with Crippen LogP contribution in [0.25, 0.3) is 0 Å². The summed E-state index contributed by atoms with van der Waals surface area (Å²) in [5.41, 5.74) is 0.103. The molecule has 1 aliphatic heterocycles. The maximum atomic E-state index is 12.0. The molecule has 1 fully saturated rings. The van der Waals surface area contributed by atoms with E-state index < -0.39 is 35.8 Å². The van der Waals surface area contributed by atoms with Gasteiger partial charge in [-0.05, 0) is 17.7 Å². The fraction of sp³-hybridized carbons (Fsp3) is 0.350. The van der Waals surface area contributed by atoms with Gasteiger partial charge in [0.1, 0.15) is 23.7 Å². The SMILES string of the molecule is COC(=O)C1OC(Sc2ccccc2)C(O)[C@@H](OCc2ccccc2)[C@@H]1O. The van der Waals surface area contributed by atoms with Crippen LogP contribution in [-0.4, -0.2) is 53.1 Å². The number of hydrogen-bond donors (Lipinski definition) is 2. The van der Waals surface area contributed by atoms with E-state index in [1.807, 2.05) is 60.7 Å². The van der Waals surface area contributed by atoms with Crippen LogP contribution in [-0.2, 0) is 25.6 Å². The number of esters is 1. The van der Waals surface area contributed by atoms with Crippen LogP contribution in [0.4, 0.5) is 0 Å². The molecular weight excluding hydrogens is 368 g/mol. The molecule has 1 saturated heterocycles. The fourth-order valence-corrected chi connectivity index (χ4v) is 3.89. The van der Waals surface area contributed by atoms with E-state index in [1.54, 1.807) is 0 Å². The Morgan fingerprint density at radius 1 is 1.04 bits per heavy atom. The molecule has 6 nitrogen and oxygen atoms in total. The second kappa shape index (κ2) is 9.34. The van der Waals surface area contributed by atoms with Gasteiger partial charge in [-0.3, -0.25) is 0 Å². The van der Waals surface area contributed by atoms with Gasteiger partial charge in [0.15, 0.2) is 6.10 Å². The van der Waals surface area contributed by atoms with Gasteiger partial charge in [0.05, 0.1) is 13.7 Å². The Kier molecular flexibility index (Phi) is 6.87. The summed E-state index contributed by atoms with van der Waals surface area (Å²) in [6.07, 6.45) is -4.71. The molecule has 27 heavy (non-hydrogen) atoms. The highest BCUT2D eigenvalue weighted by atomic mass is 32.2. The van der Waals surface area contributed by atoms with Crippen molar-refractivity contribution in [2.24, 2.45) is 0 Å². The van der Waals surface area contributed by atoms with E-state index in [2.05, 4.69) is 0 Å². The predicted octanol–water partition coefficient (Wildman–Crippen LogP) is 1.98. The minimum absolute atomic E-state index is 0.191. The largest absolute Gasteiger partial charge is 0.467 e. The normalized spacial score (nSPS) is 27.9. The third-order valence-corrected chi connectivity index (χ3v) is 5.42. The summed E-state index contributed by atoms with van der Waals surface area (Å²) < 4.78 is 16.2. The minimum Gasteiger partial charge on any atom is -0.467 e. The van der Waals surface area contributed by atoms with Gasteiger partial charge < -0.3 is 24.4 Å². The number of hydrogen-bond acceptors (Lipinski definition) is 7. The van der Waals surface area contributed by atoms with Crippen molar-refractivity contribution < 1.29 is 29.2 Å². The highest BCUT2D eigenvalue weighted by molar-refractivity contribution is 7.99. The summed E-state index contributed by atoms with van der Waals surface area (Å²) in [4.78, 5) is 12.9. The molecule has 0 saturated carbocycles. The van der Waals surface area contributed by atoms with Crippen LogP contribution in [0.1, 0.15) is 5.56 Å². The van der Waals surface area contributed by atoms with Crippen molar-refractivity contribution in [2.45, 2.75) is 41.4 Å². The Bertz CT molecular complexity index is 726. The van der Waals surface area contributed by atoms with Crippen LogP contribution >= 0.6 is 11.8 Å². The number of aliphatic hydroxyl groups excluding tert-OH is 2. The van der Waals surface area contributed by atoms with E-state index in [0.29, 0.717) is 0 Å². The molecule has 3 unspecified atom stereocenters. The van der Waals surface area contributed by atoms with E-state index >= 15 is 0 Å². The van der Waals surface area contributed by atoms with E-state index in [4.69, 9.17) is 14.2 Å². The first-order valence-electron chi connectivity index (χ1n) is 8.57. The van der Waals surface area contributed by atoms with Crippen molar-refractivity contribution >= 4 is 17.7 Å². The number of ether oxygens (including phenoxy) is 3. The number of benzene rings is 2. The summed E-state index contributed by atoms with van der Waals surface area (Å²) in [7, 11) is 1.22. The molecule has 0 spiro atoms. The molecule has 3 rings (SSSR count). The average Bonchev–Trinajstić information content (AvgIpc) is 2.71. The smallest absolute Gasteiger partial charge is 0.337 e. The maximum Gasteiger partial charge on any atom is 0.337 e. The zero-order chi connectivity index (χ0) is 19.2. The first-order valence-corrected chi connectivity index (χ1v) is 9.45. The highest BCUT2D eigenvalue weighted by Crippen LogP contribution is 2.35. The molecule has 0 amide bonds. The number of thioether (sulfide) groups is 1. The Morgan fingerprint density at radius 3 is 2.30 bits per heavy atom. The van der Waals surface area contributed by atoms with Crippen molar-refractivity contribution in [2.75, 3.05) is 7.11 Å².